The van der Waals surface area contributed by atoms with Crippen molar-refractivity contribution in [2.75, 3.05) is 33.3 Å². The minimum absolute atomic E-state index is 0. The zero-order valence-corrected chi connectivity index (χ0v) is 18.7. The molecule has 0 bridgehead atoms. The van der Waals surface area contributed by atoms with Crippen molar-refractivity contribution in [2.45, 2.75) is 19.4 Å². The largest absolute Gasteiger partial charge is 1.00 e. The van der Waals surface area contributed by atoms with E-state index in [1.54, 1.807) is 60.7 Å². The summed E-state index contributed by atoms with van der Waals surface area (Å²) < 4.78 is 0.965. The predicted octanol–water partition coefficient (Wildman–Crippen LogP) is -1.86. The lowest BCUT2D eigenvalue weighted by Crippen LogP contribution is -3.00. The maximum Gasteiger partial charge on any atom is 0.154 e. The molecule has 0 saturated carbocycles. The quantitative estimate of drug-likeness (QED) is 0.389. The summed E-state index contributed by atoms with van der Waals surface area (Å²) in [6.45, 7) is 7.32. The summed E-state index contributed by atoms with van der Waals surface area (Å²) in [6.07, 6.45) is 0. The Balaban J connectivity index is 0.000000576. The molecule has 2 aromatic rings. The Morgan fingerprint density at radius 1 is 0.966 bits per heavy atom. The van der Waals surface area contributed by atoms with Crippen LogP contribution in [0.1, 0.15) is 25.0 Å². The molecule has 29 heavy (non-hydrogen) atoms. The number of quaternary nitrogens is 1. The summed E-state index contributed by atoms with van der Waals surface area (Å²) in [7, 11) is 2.17. The number of halogens is 1. The molecule has 0 saturated heterocycles. The maximum atomic E-state index is 11.3. The number of carboxylic acids is 1. The van der Waals surface area contributed by atoms with E-state index in [1.807, 2.05) is 0 Å². The monoisotopic (exact) mass is 462 g/mol. The molecule has 2 N–H and O–H groups in total. The fourth-order valence-electron chi connectivity index (χ4n) is 2.51. The van der Waals surface area contributed by atoms with Gasteiger partial charge in [-0.15, -0.1) is 0 Å². The summed E-state index contributed by atoms with van der Waals surface area (Å²) in [4.78, 5) is 11.3. The molecule has 0 fully saturated rings. The van der Waals surface area contributed by atoms with Crippen LogP contribution in [-0.4, -0.2) is 54.0 Å². The second kappa shape index (κ2) is 13.1. The number of hydrogen-bond donors (Lipinski definition) is 2. The van der Waals surface area contributed by atoms with Gasteiger partial charge in [-0.3, -0.25) is 0 Å². The summed E-state index contributed by atoms with van der Waals surface area (Å²) in [5, 5.41) is 30.1. The summed E-state index contributed by atoms with van der Waals surface area (Å²) in [5.74, 6) is 4.08. The van der Waals surface area contributed by atoms with Crippen LogP contribution < -0.4 is 22.1 Å². The van der Waals surface area contributed by atoms with Crippen LogP contribution in [0.2, 0.25) is 0 Å². The second-order valence-corrected chi connectivity index (χ2v) is 6.65. The molecule has 0 aliphatic rings. The van der Waals surface area contributed by atoms with Crippen LogP contribution in [-0.2, 0) is 10.4 Å². The third-order valence-corrected chi connectivity index (χ3v) is 4.87. The molecule has 0 radical (unpaired) electrons. The van der Waals surface area contributed by atoms with Gasteiger partial charge in [0, 0.05) is 0 Å². The van der Waals surface area contributed by atoms with Gasteiger partial charge in [-0.2, -0.15) is 0 Å². The molecular formula is C23H29BrNO4-. The average molecular weight is 463 g/mol. The van der Waals surface area contributed by atoms with Crippen molar-refractivity contribution in [3.05, 3.63) is 71.8 Å². The lowest BCUT2D eigenvalue weighted by Gasteiger charge is -2.30. The number of carbonyl (C=O) groups is 1. The Bertz CT molecular complexity index is 741. The van der Waals surface area contributed by atoms with Gasteiger partial charge in [0.1, 0.15) is 13.2 Å². The molecule has 0 aliphatic heterocycles. The number of hydrogen-bond acceptors (Lipinski definition) is 4. The van der Waals surface area contributed by atoms with Gasteiger partial charge in [0.25, 0.3) is 0 Å². The average Bonchev–Trinajstić information content (AvgIpc) is 2.74. The number of aliphatic hydroxyl groups excluding tert-OH is 1. The zero-order chi connectivity index (χ0) is 21.0. The Labute approximate surface area is 184 Å². The SMILES string of the molecule is CC[N+](C)(CC)CC#CCO.O=C([O-])C(O)(c1ccccc1)c1ccccc1.[Br-]. The Hall–Kier alpha value is -2.17. The molecule has 0 unspecified atom stereocenters. The smallest absolute Gasteiger partial charge is 0.154 e. The Morgan fingerprint density at radius 2 is 1.38 bits per heavy atom. The van der Waals surface area contributed by atoms with Gasteiger partial charge >= 0.3 is 0 Å². The van der Waals surface area contributed by atoms with E-state index < -0.39 is 11.6 Å². The van der Waals surface area contributed by atoms with Crippen LogP contribution in [0.15, 0.2) is 60.7 Å². The highest BCUT2D eigenvalue weighted by atomic mass is 79.9. The Morgan fingerprint density at radius 3 is 1.69 bits per heavy atom. The fraction of sp³-hybridized carbons (Fsp3) is 0.348. The molecular weight excluding hydrogens is 434 g/mol. The third-order valence-electron chi connectivity index (χ3n) is 4.87. The third kappa shape index (κ3) is 7.64. The van der Waals surface area contributed by atoms with Crippen molar-refractivity contribution in [3.63, 3.8) is 0 Å². The topological polar surface area (TPSA) is 80.6 Å². The molecule has 2 rings (SSSR count). The van der Waals surface area contributed by atoms with Gasteiger partial charge in [-0.05, 0) is 30.9 Å². The first kappa shape index (κ1) is 26.8. The highest BCUT2D eigenvalue weighted by molar-refractivity contribution is 5.81. The van der Waals surface area contributed by atoms with Gasteiger partial charge in [-0.1, -0.05) is 66.6 Å². The van der Waals surface area contributed by atoms with Gasteiger partial charge in [-0.25, -0.2) is 0 Å². The first-order valence-corrected chi connectivity index (χ1v) is 9.29. The van der Waals surface area contributed by atoms with E-state index in [0.717, 1.165) is 24.1 Å². The van der Waals surface area contributed by atoms with E-state index in [0.29, 0.717) is 0 Å². The molecule has 0 amide bonds. The van der Waals surface area contributed by atoms with Crippen LogP contribution in [0, 0.1) is 11.8 Å². The molecule has 6 heteroatoms. The van der Waals surface area contributed by atoms with Crippen LogP contribution in [0.4, 0.5) is 0 Å². The van der Waals surface area contributed by atoms with E-state index in [9.17, 15) is 15.0 Å². The number of aliphatic carboxylic acids is 1. The molecule has 0 heterocycles. The predicted molar refractivity (Wildman–Crippen MR) is 108 cm³/mol. The second-order valence-electron chi connectivity index (χ2n) is 6.65. The standard InChI is InChI=1S/C14H12O3.C9H18NO.BrH/c15-13(16)14(17,11-7-3-1-4-8-11)12-9-5-2-6-10-12;1-4-10(3,5-2)8-6-7-9-11;/h1-10,17H,(H,15,16);11H,4-5,8-9H2,1-3H3;1H/q;+1;/p-2. The first-order valence-electron chi connectivity index (χ1n) is 9.29. The van der Waals surface area contributed by atoms with Crippen LogP contribution >= 0.6 is 0 Å². The molecule has 158 valence electrons. The number of carboxylic acid groups (broad SMARTS) is 1. The normalized spacial score (nSPS) is 10.5. The van der Waals surface area contributed by atoms with Crippen LogP contribution in [0.3, 0.4) is 0 Å². The fourth-order valence-corrected chi connectivity index (χ4v) is 2.51. The molecule has 2 aromatic carbocycles. The van der Waals surface area contributed by atoms with Crippen molar-refractivity contribution >= 4 is 5.97 Å². The zero-order valence-electron chi connectivity index (χ0n) is 17.1. The molecule has 0 aliphatic carbocycles. The van der Waals surface area contributed by atoms with Crippen molar-refractivity contribution in [2.24, 2.45) is 0 Å². The lowest BCUT2D eigenvalue weighted by molar-refractivity contribution is -0.899. The number of carbonyl (C=O) groups excluding carboxylic acids is 1. The van der Waals surface area contributed by atoms with Crippen molar-refractivity contribution in [3.8, 4) is 11.8 Å². The van der Waals surface area contributed by atoms with E-state index >= 15 is 0 Å². The van der Waals surface area contributed by atoms with E-state index in [2.05, 4.69) is 32.7 Å². The molecule has 0 aromatic heterocycles. The molecule has 5 nitrogen and oxygen atoms in total. The Kier molecular flexibility index (Phi) is 12.1. The minimum Gasteiger partial charge on any atom is -1.00 e. The van der Waals surface area contributed by atoms with Gasteiger partial charge < -0.3 is 41.6 Å². The van der Waals surface area contributed by atoms with Crippen molar-refractivity contribution in [1.82, 2.24) is 0 Å². The highest BCUT2D eigenvalue weighted by Crippen LogP contribution is 2.28. The first-order chi connectivity index (χ1) is 13.3. The number of nitrogens with zero attached hydrogens (tertiary/aromatic N) is 1. The number of aliphatic hydroxyl groups is 2. The van der Waals surface area contributed by atoms with Crippen LogP contribution in [0.5, 0.6) is 0 Å². The minimum atomic E-state index is -2.11. The van der Waals surface area contributed by atoms with Gasteiger partial charge in [0.15, 0.2) is 5.60 Å². The van der Waals surface area contributed by atoms with Gasteiger partial charge in [0.05, 0.1) is 26.1 Å². The van der Waals surface area contributed by atoms with Crippen molar-refractivity contribution in [1.29, 1.82) is 0 Å². The van der Waals surface area contributed by atoms with Crippen molar-refractivity contribution < 1.29 is 41.6 Å². The summed E-state index contributed by atoms with van der Waals surface area (Å²) in [6, 6.07) is 16.4. The molecule has 0 spiro atoms. The van der Waals surface area contributed by atoms with E-state index in [4.69, 9.17) is 5.11 Å². The number of benzene rings is 2. The van der Waals surface area contributed by atoms with E-state index in [-0.39, 0.29) is 34.7 Å². The number of rotatable bonds is 6. The van der Waals surface area contributed by atoms with Gasteiger partial charge in [0.2, 0.25) is 0 Å². The summed E-state index contributed by atoms with van der Waals surface area (Å²) >= 11 is 0. The highest BCUT2D eigenvalue weighted by Gasteiger charge is 2.32. The lowest BCUT2D eigenvalue weighted by atomic mass is 9.86. The van der Waals surface area contributed by atoms with Crippen LogP contribution in [0.25, 0.3) is 0 Å². The van der Waals surface area contributed by atoms with E-state index in [1.165, 1.54) is 0 Å². The maximum absolute atomic E-state index is 11.3. The summed E-state index contributed by atoms with van der Waals surface area (Å²) in [5.41, 5.74) is -1.54. The molecule has 0 atom stereocenters.